The molecule has 6 rings (SSSR count). The van der Waals surface area contributed by atoms with Crippen LogP contribution in [0.25, 0.3) is 38.0 Å². The summed E-state index contributed by atoms with van der Waals surface area (Å²) < 4.78 is 24.5. The van der Waals surface area contributed by atoms with Gasteiger partial charge in [0.2, 0.25) is 4.96 Å². The van der Waals surface area contributed by atoms with Crippen LogP contribution in [0.5, 0.6) is 16.7 Å². The highest BCUT2D eigenvalue weighted by Crippen LogP contribution is 2.38. The Morgan fingerprint density at radius 2 is 1.95 bits per heavy atom. The summed E-state index contributed by atoms with van der Waals surface area (Å²) in [5, 5.41) is 17.4. The third kappa shape index (κ3) is 4.36. The molecule has 0 spiro atoms. The van der Waals surface area contributed by atoms with E-state index in [1.54, 1.807) is 61.3 Å². The number of furan rings is 1. The fourth-order valence-corrected chi connectivity index (χ4v) is 5.25. The highest BCUT2D eigenvalue weighted by molar-refractivity contribution is 7.18. The van der Waals surface area contributed by atoms with Crippen LogP contribution in [0.1, 0.15) is 16.1 Å². The van der Waals surface area contributed by atoms with Gasteiger partial charge in [-0.3, -0.25) is 0 Å². The molecule has 6 aromatic rings. The van der Waals surface area contributed by atoms with E-state index in [1.165, 1.54) is 22.7 Å². The summed E-state index contributed by atoms with van der Waals surface area (Å²) in [5.41, 5.74) is 3.06. The molecule has 0 amide bonds. The van der Waals surface area contributed by atoms with E-state index in [0.717, 1.165) is 21.7 Å². The van der Waals surface area contributed by atoms with Gasteiger partial charge < -0.3 is 23.7 Å². The molecule has 12 heteroatoms. The molecule has 0 bridgehead atoms. The van der Waals surface area contributed by atoms with Crippen LogP contribution in [0, 0.1) is 0 Å². The predicted octanol–water partition coefficient (Wildman–Crippen LogP) is 5.62. The number of carbonyl (C=O) groups is 1. The Balaban J connectivity index is 1.26. The highest BCUT2D eigenvalue weighted by Gasteiger charge is 2.17. The first-order chi connectivity index (χ1) is 18.0. The molecule has 10 nitrogen and oxygen atoms in total. The summed E-state index contributed by atoms with van der Waals surface area (Å²) in [7, 11) is 3.15. The van der Waals surface area contributed by atoms with Gasteiger partial charge in [0.15, 0.2) is 5.76 Å². The van der Waals surface area contributed by atoms with Gasteiger partial charge >= 0.3 is 5.97 Å². The fraction of sp³-hybridized carbons (Fsp3) is 0.120. The lowest BCUT2D eigenvalue weighted by Crippen LogP contribution is -1.97. The van der Waals surface area contributed by atoms with Crippen molar-refractivity contribution in [3.8, 4) is 38.7 Å². The lowest BCUT2D eigenvalue weighted by Gasteiger charge is -2.08. The Morgan fingerprint density at radius 1 is 1.11 bits per heavy atom. The summed E-state index contributed by atoms with van der Waals surface area (Å²) in [6.45, 7) is 0.233. The third-order valence-corrected chi connectivity index (χ3v) is 7.39. The predicted molar refractivity (Wildman–Crippen MR) is 138 cm³/mol. The number of ether oxygens (including phenoxy) is 3. The van der Waals surface area contributed by atoms with Gasteiger partial charge in [0.1, 0.15) is 34.4 Å². The normalized spacial score (nSPS) is 11.3. The van der Waals surface area contributed by atoms with Crippen LogP contribution >= 0.6 is 22.7 Å². The van der Waals surface area contributed by atoms with Gasteiger partial charge in [0, 0.05) is 23.1 Å². The Hall–Kier alpha value is -4.42. The van der Waals surface area contributed by atoms with Gasteiger partial charge in [-0.25, -0.2) is 19.3 Å². The van der Waals surface area contributed by atoms with E-state index in [9.17, 15) is 4.79 Å². The first-order valence-electron chi connectivity index (χ1n) is 10.9. The average Bonchev–Trinajstić information content (AvgIpc) is 3.69. The van der Waals surface area contributed by atoms with Gasteiger partial charge in [-0.05, 0) is 29.5 Å². The molecule has 0 aliphatic rings. The lowest BCUT2D eigenvalue weighted by molar-refractivity contribution is 0.0697. The summed E-state index contributed by atoms with van der Waals surface area (Å²) >= 11 is 2.80. The van der Waals surface area contributed by atoms with Crippen LogP contribution in [0.2, 0.25) is 0 Å². The molecule has 0 saturated carbocycles. The van der Waals surface area contributed by atoms with Crippen molar-refractivity contribution in [3.05, 3.63) is 65.3 Å². The first-order valence-corrected chi connectivity index (χ1v) is 12.6. The van der Waals surface area contributed by atoms with Crippen molar-refractivity contribution in [3.63, 3.8) is 0 Å². The van der Waals surface area contributed by atoms with E-state index < -0.39 is 5.97 Å². The van der Waals surface area contributed by atoms with E-state index in [1.807, 2.05) is 11.4 Å². The molecule has 0 aliphatic carbocycles. The number of hydrogen-bond donors (Lipinski definition) is 1. The van der Waals surface area contributed by atoms with Crippen molar-refractivity contribution in [2.45, 2.75) is 6.61 Å². The quantitative estimate of drug-likeness (QED) is 0.265. The highest BCUT2D eigenvalue weighted by atomic mass is 32.1. The maximum absolute atomic E-state index is 11.1. The second-order valence-corrected chi connectivity index (χ2v) is 9.67. The number of nitrogens with zero attached hydrogens (tertiary/aromatic N) is 4. The minimum Gasteiger partial charge on any atom is -0.496 e. The van der Waals surface area contributed by atoms with Crippen molar-refractivity contribution in [2.75, 3.05) is 14.2 Å². The van der Waals surface area contributed by atoms with E-state index >= 15 is 0 Å². The van der Waals surface area contributed by atoms with E-state index in [0.29, 0.717) is 38.7 Å². The van der Waals surface area contributed by atoms with E-state index in [2.05, 4.69) is 15.1 Å². The molecule has 4 aromatic heterocycles. The number of aromatic carboxylic acids is 1. The van der Waals surface area contributed by atoms with Crippen molar-refractivity contribution < 1.29 is 28.5 Å². The van der Waals surface area contributed by atoms with Crippen molar-refractivity contribution in [2.24, 2.45) is 0 Å². The zero-order chi connectivity index (χ0) is 25.5. The number of carboxylic acids is 1. The molecule has 186 valence electrons. The number of benzene rings is 2. The van der Waals surface area contributed by atoms with Crippen LogP contribution in [-0.4, -0.2) is 44.9 Å². The largest absolute Gasteiger partial charge is 0.496 e. The van der Waals surface area contributed by atoms with Crippen molar-refractivity contribution in [1.82, 2.24) is 19.6 Å². The minimum atomic E-state index is -0.962. The second-order valence-electron chi connectivity index (χ2n) is 7.89. The molecule has 0 unspecified atom stereocenters. The number of hydrogen-bond acceptors (Lipinski definition) is 10. The molecule has 0 radical (unpaired) electrons. The van der Waals surface area contributed by atoms with Crippen LogP contribution in [0.15, 0.2) is 58.5 Å². The van der Waals surface area contributed by atoms with Crippen LogP contribution in [0.3, 0.4) is 0 Å². The summed E-state index contributed by atoms with van der Waals surface area (Å²) in [6.07, 6.45) is 1.78. The summed E-state index contributed by atoms with van der Waals surface area (Å²) in [5.74, 6) is 0.797. The van der Waals surface area contributed by atoms with Crippen LogP contribution in [0.4, 0.5) is 0 Å². The fourth-order valence-electron chi connectivity index (χ4n) is 3.74. The molecule has 1 N–H and O–H groups in total. The number of aromatic nitrogens is 4. The van der Waals surface area contributed by atoms with Gasteiger partial charge in [-0.15, -0.1) is 16.4 Å². The summed E-state index contributed by atoms with van der Waals surface area (Å²) in [6, 6.07) is 12.1. The lowest BCUT2D eigenvalue weighted by atomic mass is 10.1. The number of carboxylic acid groups (broad SMARTS) is 1. The van der Waals surface area contributed by atoms with E-state index in [-0.39, 0.29) is 12.2 Å². The van der Waals surface area contributed by atoms with Gasteiger partial charge in [-0.1, -0.05) is 12.1 Å². The molecule has 0 saturated heterocycles. The molecule has 0 atom stereocenters. The van der Waals surface area contributed by atoms with Crippen molar-refractivity contribution >= 4 is 44.6 Å². The Morgan fingerprint density at radius 3 is 2.68 bits per heavy atom. The van der Waals surface area contributed by atoms with Gasteiger partial charge in [-0.2, -0.15) is 0 Å². The summed E-state index contributed by atoms with van der Waals surface area (Å²) in [4.78, 5) is 21.0. The molecule has 2 aromatic carbocycles. The molecule has 4 heterocycles. The smallest absolute Gasteiger partial charge is 0.335 e. The Kier molecular flexibility index (Phi) is 5.74. The number of rotatable bonds is 8. The van der Waals surface area contributed by atoms with Gasteiger partial charge in [0.05, 0.1) is 37.1 Å². The molecular formula is C25H18N4O6S2. The molecular weight excluding hydrogens is 516 g/mol. The molecule has 37 heavy (non-hydrogen) atoms. The zero-order valence-electron chi connectivity index (χ0n) is 19.5. The standard InChI is InChI=1S/C25H18N4O6S2/c1-32-16-7-19(34-11-15-12-36-22(26-15)13-3-5-14(6-4-13)23(30)31)17-9-21(35-20(17)8-16)18-10-29-24(27-18)37-25(28-29)33-2/h3-10,12H,11H2,1-2H3,(H,30,31). The zero-order valence-corrected chi connectivity index (χ0v) is 21.1. The maximum Gasteiger partial charge on any atom is 0.335 e. The molecule has 0 aliphatic heterocycles. The minimum absolute atomic E-state index is 0.233. The average molecular weight is 535 g/mol. The van der Waals surface area contributed by atoms with Crippen LogP contribution in [-0.2, 0) is 6.61 Å². The van der Waals surface area contributed by atoms with Crippen LogP contribution < -0.4 is 14.2 Å². The SMILES string of the molecule is COc1cc(OCc2csc(-c3ccc(C(=O)O)cc3)n2)c2cc(-c3cn4nc(OC)sc4n3)oc2c1. The second kappa shape index (κ2) is 9.22. The van der Waals surface area contributed by atoms with Crippen molar-refractivity contribution in [1.29, 1.82) is 0 Å². The number of methoxy groups -OCH3 is 2. The first kappa shape index (κ1) is 23.0. The topological polar surface area (TPSA) is 121 Å². The number of fused-ring (bicyclic) bond motifs is 2. The number of thiazole rings is 1. The monoisotopic (exact) mass is 534 g/mol. The molecule has 0 fully saturated rings. The maximum atomic E-state index is 11.1. The third-order valence-electron chi connectivity index (χ3n) is 5.57. The Labute approximate surface area is 217 Å². The Bertz CT molecular complexity index is 1720. The number of imidazole rings is 1. The van der Waals surface area contributed by atoms with Gasteiger partial charge in [0.25, 0.3) is 5.19 Å². The van der Waals surface area contributed by atoms with E-state index in [4.69, 9.17) is 23.7 Å².